The van der Waals surface area contributed by atoms with E-state index in [0.717, 1.165) is 24.5 Å². The van der Waals surface area contributed by atoms with Gasteiger partial charge in [-0.25, -0.2) is 13.2 Å². The van der Waals surface area contributed by atoms with E-state index in [4.69, 9.17) is 19.0 Å². The van der Waals surface area contributed by atoms with Crippen molar-refractivity contribution in [3.63, 3.8) is 0 Å². The molecule has 1 heterocycles. The number of hydrogen-bond acceptors (Lipinski definition) is 10. The molecule has 1 saturated carbocycles. The Morgan fingerprint density at radius 2 is 1.80 bits per heavy atom. The van der Waals surface area contributed by atoms with E-state index in [1.807, 2.05) is 18.2 Å². The maximum Gasteiger partial charge on any atom is 0.407 e. The molecule has 1 saturated heterocycles. The monoisotopic (exact) mass is 579 g/mol. The van der Waals surface area contributed by atoms with Crippen LogP contribution in [0.5, 0.6) is 0 Å². The molecule has 14 heteroatoms. The van der Waals surface area contributed by atoms with Gasteiger partial charge in [0.2, 0.25) is 0 Å². The molecule has 2 N–H and O–H groups in total. The molecule has 40 heavy (non-hydrogen) atoms. The molecule has 0 bridgehead atoms. The fourth-order valence-electron chi connectivity index (χ4n) is 4.54. The lowest BCUT2D eigenvalue weighted by molar-refractivity contribution is -0.385. The third-order valence-corrected chi connectivity index (χ3v) is 8.23. The Kier molecular flexibility index (Phi) is 10.4. The molecule has 13 nitrogen and oxygen atoms in total. The maximum absolute atomic E-state index is 13.6. The maximum atomic E-state index is 13.6. The summed E-state index contributed by atoms with van der Waals surface area (Å²) in [5.74, 6) is 0. The number of ether oxygens (including phenoxy) is 3. The van der Waals surface area contributed by atoms with Gasteiger partial charge in [-0.3, -0.25) is 15.0 Å². The molecule has 2 aromatic carbocycles. The van der Waals surface area contributed by atoms with Crippen molar-refractivity contribution in [2.75, 3.05) is 26.6 Å². The number of rotatable bonds is 12. The number of aliphatic hydroxyl groups is 1. The van der Waals surface area contributed by atoms with Gasteiger partial charge in [0.25, 0.3) is 15.7 Å². The summed E-state index contributed by atoms with van der Waals surface area (Å²) in [5, 5.41) is 25.2. The summed E-state index contributed by atoms with van der Waals surface area (Å²) in [5.41, 5.74) is 0.380. The lowest BCUT2D eigenvalue weighted by Gasteiger charge is -2.31. The lowest BCUT2D eigenvalue weighted by atomic mass is 10.0. The Morgan fingerprint density at radius 1 is 1.10 bits per heavy atom. The minimum absolute atomic E-state index is 0.104. The molecule has 0 spiro atoms. The molecular formula is C26H33N3O10S. The first-order chi connectivity index (χ1) is 19.2. The van der Waals surface area contributed by atoms with Crippen molar-refractivity contribution in [1.82, 2.24) is 9.79 Å². The number of non-ortho nitro benzene ring substituents is 1. The molecule has 2 fully saturated rings. The van der Waals surface area contributed by atoms with Crippen LogP contribution in [0.3, 0.4) is 0 Å². The Morgan fingerprint density at radius 3 is 2.48 bits per heavy atom. The van der Waals surface area contributed by atoms with Crippen molar-refractivity contribution in [3.8, 4) is 0 Å². The molecule has 1 amide bonds. The van der Waals surface area contributed by atoms with E-state index in [1.165, 1.54) is 18.2 Å². The third-order valence-electron chi connectivity index (χ3n) is 6.61. The van der Waals surface area contributed by atoms with Crippen molar-refractivity contribution in [2.45, 2.75) is 61.4 Å². The number of alkyl carbamates (subject to hydrolysis) is 1. The Labute approximate surface area is 232 Å². The van der Waals surface area contributed by atoms with Crippen molar-refractivity contribution in [2.24, 2.45) is 0 Å². The quantitative estimate of drug-likeness (QED) is 0.282. The molecule has 1 unspecified atom stereocenters. The standard InChI is InChI=1S/C26H33N3O10S/c30-25(24(13-19-7-2-1-3-8-19)27-26(31)38-22-16-36-18-37-17-22)15-28(39-21-10-4-5-11-21)40(34,35)23-12-6-9-20(14-23)29(32)33/h1-3,6-9,12,14,21-22,24-25,30H,4-5,10-11,13,15-18H2,(H,27,31)/t24-,25?/m0/s1. The molecular weight excluding hydrogens is 546 g/mol. The van der Waals surface area contributed by atoms with Crippen LogP contribution in [0.2, 0.25) is 0 Å². The van der Waals surface area contributed by atoms with Gasteiger partial charge in [0.1, 0.15) is 6.79 Å². The number of carbonyl (C=O) groups is 1. The summed E-state index contributed by atoms with van der Waals surface area (Å²) < 4.78 is 43.6. The second-order valence-electron chi connectivity index (χ2n) is 9.65. The third kappa shape index (κ3) is 8.19. The van der Waals surface area contributed by atoms with E-state index in [1.54, 1.807) is 12.1 Å². The second kappa shape index (κ2) is 14.0. The van der Waals surface area contributed by atoms with Crippen LogP contribution in [0.15, 0.2) is 59.5 Å². The normalized spacial score (nSPS) is 18.4. The summed E-state index contributed by atoms with van der Waals surface area (Å²) >= 11 is 0. The van der Waals surface area contributed by atoms with E-state index in [9.17, 15) is 28.4 Å². The topological polar surface area (TPSA) is 167 Å². The minimum atomic E-state index is -4.43. The number of nitrogens with one attached hydrogen (secondary N) is 1. The number of hydroxylamine groups is 1. The number of nitro benzene ring substituents is 1. The van der Waals surface area contributed by atoms with Gasteiger partial charge >= 0.3 is 6.09 Å². The van der Waals surface area contributed by atoms with E-state index in [-0.39, 0.29) is 31.3 Å². The largest absolute Gasteiger partial charge is 0.441 e. The van der Waals surface area contributed by atoms with Gasteiger partial charge in [0, 0.05) is 12.1 Å². The van der Waals surface area contributed by atoms with Crippen LogP contribution < -0.4 is 5.32 Å². The van der Waals surface area contributed by atoms with Crippen LogP contribution in [0.1, 0.15) is 31.2 Å². The smallest absolute Gasteiger partial charge is 0.407 e. The molecule has 4 rings (SSSR count). The highest BCUT2D eigenvalue weighted by Crippen LogP contribution is 2.27. The van der Waals surface area contributed by atoms with Crippen molar-refractivity contribution >= 4 is 21.8 Å². The van der Waals surface area contributed by atoms with Crippen LogP contribution in [0, 0.1) is 10.1 Å². The first kappa shape index (κ1) is 29.8. The van der Waals surface area contributed by atoms with E-state index >= 15 is 0 Å². The highest BCUT2D eigenvalue weighted by molar-refractivity contribution is 7.89. The van der Waals surface area contributed by atoms with Crippen molar-refractivity contribution in [3.05, 3.63) is 70.3 Å². The molecule has 1 aliphatic heterocycles. The predicted octanol–water partition coefficient (Wildman–Crippen LogP) is 2.53. The number of benzene rings is 2. The summed E-state index contributed by atoms with van der Waals surface area (Å²) in [7, 11) is -4.43. The first-order valence-electron chi connectivity index (χ1n) is 13.0. The van der Waals surface area contributed by atoms with E-state index in [0.29, 0.717) is 17.3 Å². The summed E-state index contributed by atoms with van der Waals surface area (Å²) in [6.45, 7) is -0.130. The molecule has 2 aromatic rings. The summed E-state index contributed by atoms with van der Waals surface area (Å²) in [4.78, 5) is 28.8. The zero-order valence-electron chi connectivity index (χ0n) is 21.8. The molecule has 0 aromatic heterocycles. The number of carbonyl (C=O) groups excluding carboxylic acids is 1. The van der Waals surface area contributed by atoms with Crippen molar-refractivity contribution in [1.29, 1.82) is 0 Å². The number of nitrogens with zero attached hydrogens (tertiary/aromatic N) is 2. The zero-order valence-corrected chi connectivity index (χ0v) is 22.6. The first-order valence-corrected chi connectivity index (χ1v) is 14.4. The van der Waals surface area contributed by atoms with Gasteiger partial charge in [-0.1, -0.05) is 53.7 Å². The number of sulfonamides is 1. The fourth-order valence-corrected chi connectivity index (χ4v) is 5.87. The van der Waals surface area contributed by atoms with Gasteiger partial charge in [0.05, 0.1) is 47.8 Å². The van der Waals surface area contributed by atoms with Crippen LogP contribution >= 0.6 is 0 Å². The SMILES string of the molecule is O=C(N[C@@H](Cc1ccccc1)C(O)CN(OC1CCCC1)S(=O)(=O)c1cccc([N+](=O)[O-])c1)OC1COCOC1. The molecule has 1 aliphatic carbocycles. The van der Waals surface area contributed by atoms with Crippen LogP contribution in [0.25, 0.3) is 0 Å². The highest BCUT2D eigenvalue weighted by atomic mass is 32.2. The van der Waals surface area contributed by atoms with Gasteiger partial charge in [-0.2, -0.15) is 0 Å². The lowest BCUT2D eigenvalue weighted by Crippen LogP contribution is -2.52. The fraction of sp³-hybridized carbons (Fsp3) is 0.500. The average molecular weight is 580 g/mol. The molecule has 218 valence electrons. The van der Waals surface area contributed by atoms with Crippen LogP contribution in [-0.4, -0.2) is 79.9 Å². The zero-order chi connectivity index (χ0) is 28.5. The second-order valence-corrected chi connectivity index (χ2v) is 11.5. The molecule has 0 radical (unpaired) electrons. The molecule has 2 aliphatic rings. The van der Waals surface area contributed by atoms with Gasteiger partial charge in [0.15, 0.2) is 6.10 Å². The number of aliphatic hydroxyl groups excluding tert-OH is 1. The van der Waals surface area contributed by atoms with E-state index in [2.05, 4.69) is 5.32 Å². The number of hydrogen-bond donors (Lipinski definition) is 2. The van der Waals surface area contributed by atoms with Crippen LogP contribution in [-0.2, 0) is 35.5 Å². The number of nitro groups is 1. The summed E-state index contributed by atoms with van der Waals surface area (Å²) in [6, 6.07) is 12.7. The van der Waals surface area contributed by atoms with Gasteiger partial charge in [-0.15, -0.1) is 0 Å². The Balaban J connectivity index is 1.56. The Hall–Kier alpha value is -3.14. The molecule has 2 atom stereocenters. The minimum Gasteiger partial charge on any atom is -0.441 e. The summed E-state index contributed by atoms with van der Waals surface area (Å²) in [6.07, 6.45) is -0.195. The number of amides is 1. The Bertz CT molecular complexity index is 1230. The van der Waals surface area contributed by atoms with Gasteiger partial charge < -0.3 is 24.6 Å². The highest BCUT2D eigenvalue weighted by Gasteiger charge is 2.35. The predicted molar refractivity (Wildman–Crippen MR) is 140 cm³/mol. The average Bonchev–Trinajstić information content (AvgIpc) is 3.47. The van der Waals surface area contributed by atoms with E-state index < -0.39 is 57.6 Å². The van der Waals surface area contributed by atoms with Crippen LogP contribution in [0.4, 0.5) is 10.5 Å². The van der Waals surface area contributed by atoms with Crippen molar-refractivity contribution < 1.29 is 42.3 Å². The van der Waals surface area contributed by atoms with Gasteiger partial charge in [-0.05, 0) is 30.9 Å².